The van der Waals surface area contributed by atoms with Crippen molar-refractivity contribution in [3.63, 3.8) is 0 Å². The van der Waals surface area contributed by atoms with Crippen LogP contribution in [-0.2, 0) is 11.2 Å². The Morgan fingerprint density at radius 2 is 2.09 bits per heavy atom. The molecule has 0 aliphatic rings. The zero-order valence-electron chi connectivity index (χ0n) is 12.1. The topological polar surface area (TPSA) is 51.2 Å². The molecule has 2 aromatic rings. The van der Waals surface area contributed by atoms with Gasteiger partial charge in [0.1, 0.15) is 17.5 Å². The lowest BCUT2D eigenvalue weighted by Crippen LogP contribution is -2.09. The van der Waals surface area contributed by atoms with Crippen LogP contribution in [0.4, 0.5) is 14.6 Å². The number of pyridine rings is 1. The largest absolute Gasteiger partial charge is 0.462 e. The molecule has 0 aliphatic carbocycles. The van der Waals surface area contributed by atoms with E-state index in [1.165, 1.54) is 18.3 Å². The molecular weight excluding hydrogens is 290 g/mol. The molecule has 1 aromatic heterocycles. The van der Waals surface area contributed by atoms with E-state index >= 15 is 0 Å². The standard InChI is InChI=1S/C16H16F2N2O2/c1-2-22-16(21)12-4-6-15(20-10-12)19-8-7-11-3-5-13(17)9-14(11)18/h3-6,9-10H,2,7-8H2,1H3,(H,19,20). The van der Waals surface area contributed by atoms with Crippen LogP contribution >= 0.6 is 0 Å². The maximum Gasteiger partial charge on any atom is 0.339 e. The number of carbonyl (C=O) groups is 1. The fraction of sp³-hybridized carbons (Fsp3) is 0.250. The number of nitrogens with zero attached hydrogens (tertiary/aromatic N) is 1. The van der Waals surface area contributed by atoms with E-state index in [-0.39, 0.29) is 0 Å². The summed E-state index contributed by atoms with van der Waals surface area (Å²) in [5.41, 5.74) is 0.800. The van der Waals surface area contributed by atoms with Gasteiger partial charge in [-0.3, -0.25) is 0 Å². The summed E-state index contributed by atoms with van der Waals surface area (Å²) >= 11 is 0. The van der Waals surface area contributed by atoms with E-state index in [1.807, 2.05) is 0 Å². The number of anilines is 1. The average Bonchev–Trinajstić information content (AvgIpc) is 2.50. The molecule has 0 amide bonds. The van der Waals surface area contributed by atoms with Gasteiger partial charge >= 0.3 is 5.97 Å². The number of rotatable bonds is 6. The second kappa shape index (κ2) is 7.49. The highest BCUT2D eigenvalue weighted by Gasteiger charge is 2.07. The molecule has 1 N–H and O–H groups in total. The Balaban J connectivity index is 1.88. The van der Waals surface area contributed by atoms with Gasteiger partial charge < -0.3 is 10.1 Å². The van der Waals surface area contributed by atoms with E-state index in [9.17, 15) is 13.6 Å². The van der Waals surface area contributed by atoms with Gasteiger partial charge in [-0.05, 0) is 37.1 Å². The van der Waals surface area contributed by atoms with Crippen molar-refractivity contribution in [1.29, 1.82) is 0 Å². The van der Waals surface area contributed by atoms with Gasteiger partial charge in [-0.2, -0.15) is 0 Å². The summed E-state index contributed by atoms with van der Waals surface area (Å²) in [6.07, 6.45) is 1.81. The first-order chi connectivity index (χ1) is 10.6. The minimum atomic E-state index is -0.592. The highest BCUT2D eigenvalue weighted by molar-refractivity contribution is 5.89. The van der Waals surface area contributed by atoms with Crippen molar-refractivity contribution < 1.29 is 18.3 Å². The molecule has 0 fully saturated rings. The van der Waals surface area contributed by atoms with Crippen LogP contribution in [0.1, 0.15) is 22.8 Å². The average molecular weight is 306 g/mol. The zero-order chi connectivity index (χ0) is 15.9. The first-order valence-electron chi connectivity index (χ1n) is 6.91. The quantitative estimate of drug-likeness (QED) is 0.833. The third-order valence-electron chi connectivity index (χ3n) is 2.99. The molecule has 0 unspecified atom stereocenters. The van der Waals surface area contributed by atoms with Crippen molar-refractivity contribution in [2.75, 3.05) is 18.5 Å². The lowest BCUT2D eigenvalue weighted by molar-refractivity contribution is 0.0526. The molecule has 4 nitrogen and oxygen atoms in total. The lowest BCUT2D eigenvalue weighted by atomic mass is 10.1. The van der Waals surface area contributed by atoms with Crippen LogP contribution < -0.4 is 5.32 Å². The van der Waals surface area contributed by atoms with Crippen LogP contribution in [-0.4, -0.2) is 24.1 Å². The molecule has 0 saturated heterocycles. The predicted octanol–water partition coefficient (Wildman–Crippen LogP) is 3.19. The summed E-state index contributed by atoms with van der Waals surface area (Å²) in [6.45, 7) is 2.48. The van der Waals surface area contributed by atoms with Gasteiger partial charge in [0.15, 0.2) is 0 Å². The third-order valence-corrected chi connectivity index (χ3v) is 2.99. The minimum Gasteiger partial charge on any atom is -0.462 e. The zero-order valence-corrected chi connectivity index (χ0v) is 12.1. The molecular formula is C16H16F2N2O2. The number of hydrogen-bond donors (Lipinski definition) is 1. The van der Waals surface area contributed by atoms with Crippen LogP contribution in [0.2, 0.25) is 0 Å². The smallest absolute Gasteiger partial charge is 0.339 e. The van der Waals surface area contributed by atoms with Crippen molar-refractivity contribution in [3.8, 4) is 0 Å². The molecule has 1 heterocycles. The molecule has 0 bridgehead atoms. The summed E-state index contributed by atoms with van der Waals surface area (Å²) in [6, 6.07) is 6.76. The number of esters is 1. The summed E-state index contributed by atoms with van der Waals surface area (Å²) in [4.78, 5) is 15.5. The van der Waals surface area contributed by atoms with E-state index in [1.54, 1.807) is 19.1 Å². The fourth-order valence-electron chi connectivity index (χ4n) is 1.88. The Kier molecular flexibility index (Phi) is 5.41. The first-order valence-corrected chi connectivity index (χ1v) is 6.91. The fourth-order valence-corrected chi connectivity index (χ4v) is 1.88. The highest BCUT2D eigenvalue weighted by atomic mass is 19.1. The summed E-state index contributed by atoms with van der Waals surface area (Å²) in [7, 11) is 0. The van der Waals surface area contributed by atoms with Gasteiger partial charge in [0.05, 0.1) is 12.2 Å². The number of hydrogen-bond acceptors (Lipinski definition) is 4. The van der Waals surface area contributed by atoms with Crippen molar-refractivity contribution >= 4 is 11.8 Å². The van der Waals surface area contributed by atoms with Gasteiger partial charge in [0, 0.05) is 18.8 Å². The van der Waals surface area contributed by atoms with E-state index in [0.717, 1.165) is 6.07 Å². The predicted molar refractivity (Wildman–Crippen MR) is 78.7 cm³/mol. The van der Waals surface area contributed by atoms with E-state index in [2.05, 4.69) is 10.3 Å². The van der Waals surface area contributed by atoms with Crippen LogP contribution in [0.3, 0.4) is 0 Å². The summed E-state index contributed by atoms with van der Waals surface area (Å²) < 4.78 is 31.1. The number of aromatic nitrogens is 1. The van der Waals surface area contributed by atoms with Gasteiger partial charge in [0.2, 0.25) is 0 Å². The van der Waals surface area contributed by atoms with Gasteiger partial charge in [-0.25, -0.2) is 18.6 Å². The summed E-state index contributed by atoms with van der Waals surface area (Å²) in [5.74, 6) is -1.01. The highest BCUT2D eigenvalue weighted by Crippen LogP contribution is 2.11. The number of ether oxygens (including phenoxy) is 1. The molecule has 0 radical (unpaired) electrons. The summed E-state index contributed by atoms with van der Waals surface area (Å²) in [5, 5.41) is 3.01. The Labute approximate surface area is 127 Å². The van der Waals surface area contributed by atoms with Crippen molar-refractivity contribution in [2.45, 2.75) is 13.3 Å². The van der Waals surface area contributed by atoms with Crippen molar-refractivity contribution in [3.05, 3.63) is 59.3 Å². The van der Waals surface area contributed by atoms with Crippen molar-refractivity contribution in [1.82, 2.24) is 4.98 Å². The van der Waals surface area contributed by atoms with Gasteiger partial charge in [-0.1, -0.05) is 6.07 Å². The van der Waals surface area contributed by atoms with E-state index in [0.29, 0.717) is 36.5 Å². The first kappa shape index (κ1) is 15.9. The molecule has 0 atom stereocenters. The maximum atomic E-state index is 13.5. The van der Waals surface area contributed by atoms with Crippen LogP contribution in [0, 0.1) is 11.6 Å². The Hall–Kier alpha value is -2.50. The van der Waals surface area contributed by atoms with E-state index < -0.39 is 17.6 Å². The molecule has 6 heteroatoms. The van der Waals surface area contributed by atoms with Crippen LogP contribution in [0.25, 0.3) is 0 Å². The van der Waals surface area contributed by atoms with Crippen LogP contribution in [0.15, 0.2) is 36.5 Å². The normalized spacial score (nSPS) is 10.3. The molecule has 116 valence electrons. The maximum absolute atomic E-state index is 13.5. The van der Waals surface area contributed by atoms with E-state index in [4.69, 9.17) is 4.74 Å². The lowest BCUT2D eigenvalue weighted by Gasteiger charge is -2.07. The second-order valence-corrected chi connectivity index (χ2v) is 4.57. The molecule has 1 aromatic carbocycles. The molecule has 2 rings (SSSR count). The SMILES string of the molecule is CCOC(=O)c1ccc(NCCc2ccc(F)cc2F)nc1. The Morgan fingerprint density at radius 3 is 2.73 bits per heavy atom. The van der Waals surface area contributed by atoms with Gasteiger partial charge in [-0.15, -0.1) is 0 Å². The Bertz CT molecular complexity index is 645. The monoisotopic (exact) mass is 306 g/mol. The van der Waals surface area contributed by atoms with Crippen molar-refractivity contribution in [2.24, 2.45) is 0 Å². The number of carbonyl (C=O) groups excluding carboxylic acids is 1. The number of halogens is 2. The molecule has 0 saturated carbocycles. The van der Waals surface area contributed by atoms with Crippen LogP contribution in [0.5, 0.6) is 0 Å². The molecule has 0 spiro atoms. The number of nitrogens with one attached hydrogen (secondary N) is 1. The molecule has 22 heavy (non-hydrogen) atoms. The number of benzene rings is 1. The van der Waals surface area contributed by atoms with Gasteiger partial charge in [0.25, 0.3) is 0 Å². The molecule has 0 aliphatic heterocycles. The Morgan fingerprint density at radius 1 is 1.27 bits per heavy atom. The second-order valence-electron chi connectivity index (χ2n) is 4.57. The minimum absolute atomic E-state index is 0.308. The third kappa shape index (κ3) is 4.25.